The van der Waals surface area contributed by atoms with Crippen molar-refractivity contribution in [3.8, 4) is 11.3 Å². The number of hydrogen-bond donors (Lipinski definition) is 1. The lowest BCUT2D eigenvalue weighted by atomic mass is 10.1. The molecule has 1 aliphatic heterocycles. The Hall–Kier alpha value is -3.78. The Morgan fingerprint density at radius 2 is 1.94 bits per heavy atom. The van der Waals surface area contributed by atoms with Crippen molar-refractivity contribution in [3.05, 3.63) is 76.9 Å². The van der Waals surface area contributed by atoms with Crippen LogP contribution in [-0.2, 0) is 20.0 Å². The first-order valence-corrected chi connectivity index (χ1v) is 10.6. The largest absolute Gasteiger partial charge is 0.349 e. The van der Waals surface area contributed by atoms with Gasteiger partial charge in [0.1, 0.15) is 0 Å². The average Bonchev–Trinajstić information content (AvgIpc) is 3.40. The number of anilines is 1. The summed E-state index contributed by atoms with van der Waals surface area (Å²) in [5, 5.41) is 12.5. The molecule has 1 N–H and O–H groups in total. The molecule has 0 saturated carbocycles. The first kappa shape index (κ1) is 20.1. The molecule has 0 radical (unpaired) electrons. The van der Waals surface area contributed by atoms with Crippen LogP contribution in [0.25, 0.3) is 11.3 Å². The molecule has 160 valence electrons. The third-order valence-corrected chi connectivity index (χ3v) is 5.55. The van der Waals surface area contributed by atoms with Gasteiger partial charge in [0.25, 0.3) is 11.9 Å². The molecule has 8 nitrogen and oxygen atoms in total. The van der Waals surface area contributed by atoms with Crippen molar-refractivity contribution >= 4 is 35.1 Å². The third kappa shape index (κ3) is 4.17. The average molecular weight is 446 g/mol. The van der Waals surface area contributed by atoms with Crippen LogP contribution in [0.1, 0.15) is 22.3 Å². The van der Waals surface area contributed by atoms with E-state index in [4.69, 9.17) is 11.6 Å². The summed E-state index contributed by atoms with van der Waals surface area (Å²) < 4.78 is 3.01. The summed E-state index contributed by atoms with van der Waals surface area (Å²) in [5.41, 5.74) is 4.59. The quantitative estimate of drug-likeness (QED) is 0.477. The summed E-state index contributed by atoms with van der Waals surface area (Å²) in [6, 6.07) is 17.6. The van der Waals surface area contributed by atoms with E-state index in [-0.39, 0.29) is 12.3 Å². The van der Waals surface area contributed by atoms with Gasteiger partial charge in [0.15, 0.2) is 0 Å². The van der Waals surface area contributed by atoms with E-state index in [1.54, 1.807) is 4.68 Å². The van der Waals surface area contributed by atoms with E-state index in [9.17, 15) is 4.79 Å². The van der Waals surface area contributed by atoms with Crippen LogP contribution in [0.2, 0.25) is 5.02 Å². The van der Waals surface area contributed by atoms with E-state index in [1.165, 1.54) is 4.68 Å². The summed E-state index contributed by atoms with van der Waals surface area (Å²) in [6.07, 6.45) is 2.73. The Labute approximate surface area is 189 Å². The first-order chi connectivity index (χ1) is 15.5. The molecule has 0 atom stereocenters. The van der Waals surface area contributed by atoms with E-state index >= 15 is 0 Å². The van der Waals surface area contributed by atoms with Crippen LogP contribution in [0.5, 0.6) is 0 Å². The number of carbonyl (C=O) groups is 1. The number of fused-ring (bicyclic) bond motifs is 1. The van der Waals surface area contributed by atoms with Crippen LogP contribution in [0.15, 0.2) is 65.8 Å². The normalized spacial score (nSPS) is 13.1. The fraction of sp³-hybridized carbons (Fsp3) is 0.174. The Morgan fingerprint density at radius 3 is 2.72 bits per heavy atom. The number of aromatic nitrogens is 5. The zero-order valence-corrected chi connectivity index (χ0v) is 18.1. The molecule has 1 aliphatic rings. The summed E-state index contributed by atoms with van der Waals surface area (Å²) >= 11 is 6.39. The van der Waals surface area contributed by atoms with Gasteiger partial charge in [0.05, 0.1) is 12.1 Å². The maximum Gasteiger partial charge on any atom is 0.257 e. The summed E-state index contributed by atoms with van der Waals surface area (Å²) in [7, 11) is 1.88. The highest BCUT2D eigenvalue weighted by Gasteiger charge is 2.23. The molecular formula is C23H20ClN7O. The van der Waals surface area contributed by atoms with Crippen molar-refractivity contribution in [3.63, 3.8) is 0 Å². The van der Waals surface area contributed by atoms with E-state index < -0.39 is 0 Å². The molecule has 0 amide bonds. The first-order valence-electron chi connectivity index (χ1n) is 10.2. The van der Waals surface area contributed by atoms with Gasteiger partial charge in [-0.3, -0.25) is 9.48 Å². The number of hydrogen-bond acceptors (Lipinski definition) is 6. The van der Waals surface area contributed by atoms with Crippen molar-refractivity contribution < 1.29 is 4.79 Å². The van der Waals surface area contributed by atoms with Gasteiger partial charge >= 0.3 is 0 Å². The summed E-state index contributed by atoms with van der Waals surface area (Å²) in [6.45, 7) is 0.401. The van der Waals surface area contributed by atoms with Crippen LogP contribution >= 0.6 is 11.6 Å². The van der Waals surface area contributed by atoms with Crippen molar-refractivity contribution in [1.29, 1.82) is 0 Å². The van der Waals surface area contributed by atoms with E-state index in [0.717, 1.165) is 28.1 Å². The predicted molar refractivity (Wildman–Crippen MR) is 123 cm³/mol. The number of aryl methyl sites for hydroxylation is 1. The monoisotopic (exact) mass is 445 g/mol. The molecule has 0 spiro atoms. The van der Waals surface area contributed by atoms with Crippen molar-refractivity contribution in [2.45, 2.75) is 19.4 Å². The van der Waals surface area contributed by atoms with E-state index in [2.05, 4.69) is 25.5 Å². The lowest BCUT2D eigenvalue weighted by Crippen LogP contribution is -2.22. The smallest absolute Gasteiger partial charge is 0.257 e. The Balaban J connectivity index is 1.33. The van der Waals surface area contributed by atoms with E-state index in [0.29, 0.717) is 29.9 Å². The van der Waals surface area contributed by atoms with Crippen molar-refractivity contribution in [2.75, 3.05) is 5.32 Å². The number of rotatable bonds is 6. The fourth-order valence-electron chi connectivity index (χ4n) is 3.60. The molecule has 0 bridgehead atoms. The molecular weight excluding hydrogens is 426 g/mol. The second-order valence-corrected chi connectivity index (χ2v) is 8.00. The standard InChI is InChI=1S/C23H20ClN7O/c1-30-10-9-20(28-30)16-7-8-19(24)17(12-16)14-25-22-27-23-26-18(13-21(32)31(23)29-22)11-15-5-3-2-4-6-15/h2-10,12H,11,13-14H2,1H3,(H,25,29). The molecule has 2 aromatic carbocycles. The third-order valence-electron chi connectivity index (χ3n) is 5.18. The maximum atomic E-state index is 12.6. The lowest BCUT2D eigenvalue weighted by molar-refractivity contribution is 0.0905. The van der Waals surface area contributed by atoms with Gasteiger partial charge in [-0.2, -0.15) is 14.8 Å². The highest BCUT2D eigenvalue weighted by atomic mass is 35.5. The molecule has 3 heterocycles. The van der Waals surface area contributed by atoms with Crippen LogP contribution in [0, 0.1) is 0 Å². The molecule has 9 heteroatoms. The van der Waals surface area contributed by atoms with Gasteiger partial charge in [-0.05, 0) is 29.3 Å². The van der Waals surface area contributed by atoms with Crippen molar-refractivity contribution in [1.82, 2.24) is 24.5 Å². The molecule has 0 unspecified atom stereocenters. The molecule has 5 rings (SSSR count). The van der Waals surface area contributed by atoms with Crippen LogP contribution in [-0.4, -0.2) is 36.2 Å². The number of carbonyl (C=O) groups excluding carboxylic acids is 1. The van der Waals surface area contributed by atoms with Gasteiger partial charge in [0, 0.05) is 42.5 Å². The zero-order chi connectivity index (χ0) is 22.1. The maximum absolute atomic E-state index is 12.6. The Kier molecular flexibility index (Phi) is 5.28. The molecule has 0 saturated heterocycles. The minimum absolute atomic E-state index is 0.142. The van der Waals surface area contributed by atoms with Crippen molar-refractivity contribution in [2.24, 2.45) is 12.0 Å². The predicted octanol–water partition coefficient (Wildman–Crippen LogP) is 4.30. The molecule has 0 aliphatic carbocycles. The van der Waals surface area contributed by atoms with Gasteiger partial charge in [0.2, 0.25) is 5.95 Å². The van der Waals surface area contributed by atoms with Gasteiger partial charge in [-0.25, -0.2) is 4.99 Å². The van der Waals surface area contributed by atoms with E-state index in [1.807, 2.05) is 67.8 Å². The Bertz CT molecular complexity index is 1320. The summed E-state index contributed by atoms with van der Waals surface area (Å²) in [4.78, 5) is 21.5. The lowest BCUT2D eigenvalue weighted by Gasteiger charge is -2.11. The SMILES string of the molecule is Cn1ccc(-c2ccc(Cl)c(CNc3nc4n(n3)C(=O)CC(Cc3ccccc3)=N4)c2)n1. The second-order valence-electron chi connectivity index (χ2n) is 7.59. The number of benzene rings is 2. The van der Waals surface area contributed by atoms with Gasteiger partial charge < -0.3 is 5.32 Å². The number of nitrogens with one attached hydrogen (secondary N) is 1. The van der Waals surface area contributed by atoms with Crippen LogP contribution < -0.4 is 5.32 Å². The van der Waals surface area contributed by atoms with Gasteiger partial charge in [-0.1, -0.05) is 48.0 Å². The Morgan fingerprint density at radius 1 is 1.09 bits per heavy atom. The molecule has 32 heavy (non-hydrogen) atoms. The zero-order valence-electron chi connectivity index (χ0n) is 17.4. The molecule has 0 fully saturated rings. The number of halogens is 1. The topological polar surface area (TPSA) is 90.0 Å². The highest BCUT2D eigenvalue weighted by molar-refractivity contribution is 6.31. The highest BCUT2D eigenvalue weighted by Crippen LogP contribution is 2.25. The number of aliphatic imine (C=N–C) groups is 1. The van der Waals surface area contributed by atoms with Gasteiger partial charge in [-0.15, -0.1) is 5.10 Å². The number of nitrogens with zero attached hydrogens (tertiary/aromatic N) is 6. The molecule has 4 aromatic rings. The molecule has 2 aromatic heterocycles. The minimum atomic E-state index is -0.142. The van der Waals surface area contributed by atoms with Crippen LogP contribution in [0.3, 0.4) is 0 Å². The minimum Gasteiger partial charge on any atom is -0.349 e. The summed E-state index contributed by atoms with van der Waals surface area (Å²) in [5.74, 6) is 0.483. The second kappa shape index (κ2) is 8.39. The van der Waals surface area contributed by atoms with Crippen LogP contribution in [0.4, 0.5) is 11.9 Å². The fourth-order valence-corrected chi connectivity index (χ4v) is 3.78.